The van der Waals surface area contributed by atoms with E-state index in [-0.39, 0.29) is 0 Å². The molecule has 0 heterocycles. The van der Waals surface area contributed by atoms with Gasteiger partial charge in [-0.2, -0.15) is 0 Å². The van der Waals surface area contributed by atoms with Crippen molar-refractivity contribution in [3.05, 3.63) is 0 Å². The van der Waals surface area contributed by atoms with Crippen molar-refractivity contribution >= 4 is 0 Å². The van der Waals surface area contributed by atoms with Gasteiger partial charge in [-0.3, -0.25) is 0 Å². The quantitative estimate of drug-likeness (QED) is 0.416. The van der Waals surface area contributed by atoms with Gasteiger partial charge in [-0.15, -0.1) is 0 Å². The van der Waals surface area contributed by atoms with Crippen molar-refractivity contribution in [2.75, 3.05) is 0 Å². The Morgan fingerprint density at radius 3 is 1.80 bits per heavy atom. The zero-order chi connectivity index (χ0) is 11.6. The molecule has 0 saturated heterocycles. The van der Waals surface area contributed by atoms with E-state index in [9.17, 15) is 0 Å². The Balaban J connectivity index is 3.38. The molecule has 0 bridgehead atoms. The monoisotopic (exact) mass is 79.1 g/mol. The molecule has 0 atom stereocenters. The first-order valence-electron chi connectivity index (χ1n) is 5.90. The van der Waals surface area contributed by atoms with E-state index >= 15 is 0 Å². The summed E-state index contributed by atoms with van der Waals surface area (Å²) in [5.41, 5.74) is 0. The van der Waals surface area contributed by atoms with Gasteiger partial charge in [0.25, 0.3) is 0 Å². The molecule has 0 aromatic heterocycles. The summed E-state index contributed by atoms with van der Waals surface area (Å²) in [5.74, 6) is 0. The minimum Gasteiger partial charge on any atom is -0.0533 e. The van der Waals surface area contributed by atoms with Crippen LogP contribution in [0, 0.1) is 0 Å². The predicted octanol–water partition coefficient (Wildman–Crippen LogP) is 1.95. The summed E-state index contributed by atoms with van der Waals surface area (Å²) in [6.45, 7) is 0. The van der Waals surface area contributed by atoms with Crippen LogP contribution in [0.15, 0.2) is 0 Å². The van der Waals surface area contributed by atoms with E-state index in [0.29, 0.717) is 0 Å². The first-order chi connectivity index (χ1) is 5.90. The van der Waals surface area contributed by atoms with E-state index < -0.39 is 31.9 Å². The fourth-order valence-corrected chi connectivity index (χ4v) is 0.180. The first-order valence-corrected chi connectivity index (χ1v) is 1.33. The van der Waals surface area contributed by atoms with Crippen molar-refractivity contribution in [2.45, 2.75) is 31.9 Å². The van der Waals surface area contributed by atoms with Crippen molar-refractivity contribution in [1.29, 1.82) is 0 Å². The fourth-order valence-electron chi connectivity index (χ4n) is 0.180. The third kappa shape index (κ3) is 0.640. The molecule has 1 rings (SSSR count). The van der Waals surface area contributed by atoms with Crippen LogP contribution in [0.1, 0.15) is 44.2 Å². The highest BCUT2D eigenvalue weighted by Gasteiger charge is 1.95. The van der Waals surface area contributed by atoms with E-state index in [1.165, 1.54) is 0 Å². The number of rotatable bonds is 0. The Hall–Kier alpha value is 0. The van der Waals surface area contributed by atoms with Gasteiger partial charge in [-0.05, 0) is 0 Å². The summed E-state index contributed by atoms with van der Waals surface area (Å²) in [5, 5.41) is 0. The van der Waals surface area contributed by atoms with Crippen molar-refractivity contribution in [3.8, 4) is 0 Å². The summed E-state index contributed by atoms with van der Waals surface area (Å²) in [6.07, 6.45) is -13.7. The second-order valence-electron chi connectivity index (χ2n) is 0.683. The highest BCUT2D eigenvalue weighted by molar-refractivity contribution is 4.51. The molecule has 0 aromatic carbocycles. The lowest BCUT2D eigenvalue weighted by atomic mass is 10.4. The van der Waals surface area contributed by atoms with Gasteiger partial charge in [0.05, 0.1) is 0 Å². The van der Waals surface area contributed by atoms with Gasteiger partial charge in [0, 0.05) is 12.3 Å². The van der Waals surface area contributed by atoms with Crippen LogP contribution in [0.5, 0.6) is 0 Å². The lowest BCUT2D eigenvalue weighted by Gasteiger charge is -1.67. The molecule has 0 spiro atoms. The molecule has 30 valence electrons. The third-order valence-electron chi connectivity index (χ3n) is 0.351. The molecule has 0 N–H and O–H groups in total. The molecular formula is C5H10. The van der Waals surface area contributed by atoms with E-state index in [2.05, 4.69) is 0 Å². The summed E-state index contributed by atoms with van der Waals surface area (Å²) in [7, 11) is 0. The second kappa shape index (κ2) is 1.44. The van der Waals surface area contributed by atoms with Gasteiger partial charge in [0.1, 0.15) is 0 Å². The van der Waals surface area contributed by atoms with Gasteiger partial charge in [-0.25, -0.2) is 0 Å². The largest absolute Gasteiger partial charge is 0.0533 e. The van der Waals surface area contributed by atoms with E-state index in [4.69, 9.17) is 12.3 Å². The summed E-state index contributed by atoms with van der Waals surface area (Å²) < 4.78 is 65.1. The Morgan fingerprint density at radius 1 is 1.00 bits per heavy atom. The number of hydrogen-bond acceptors (Lipinski definition) is 0. The van der Waals surface area contributed by atoms with Crippen LogP contribution < -0.4 is 0 Å². The SMILES string of the molecule is [2H]C1C([2H])([2H])C([2H])([2H])C([2H])([2H])C1([2H])[2H]. The average Bonchev–Trinajstić information content (AvgIpc) is 2.05. The Labute approximate surface area is 45.8 Å². The lowest BCUT2D eigenvalue weighted by molar-refractivity contribution is 0.886. The zero-order valence-electron chi connectivity index (χ0n) is 11.6. The van der Waals surface area contributed by atoms with E-state index in [1.807, 2.05) is 0 Å². The van der Waals surface area contributed by atoms with Crippen LogP contribution in [-0.2, 0) is 0 Å². The molecule has 1 aliphatic carbocycles. The fraction of sp³-hybridized carbons (Fsp3) is 1.00. The normalized spacial score (nSPS) is 94.8. The summed E-state index contributed by atoms with van der Waals surface area (Å²) in [4.78, 5) is 0. The zero-order valence-corrected chi connectivity index (χ0v) is 2.58. The molecule has 1 fully saturated rings. The van der Waals surface area contributed by atoms with Crippen LogP contribution in [0.3, 0.4) is 0 Å². The van der Waals surface area contributed by atoms with Crippen molar-refractivity contribution in [2.24, 2.45) is 0 Å². The van der Waals surface area contributed by atoms with Gasteiger partial charge in [-0.1, -0.05) is 31.9 Å². The molecule has 0 nitrogen and oxygen atoms in total. The maximum atomic E-state index is 7.23. The lowest BCUT2D eigenvalue weighted by Crippen LogP contribution is -1.47. The first kappa shape index (κ1) is 0.408. The maximum absolute atomic E-state index is 7.23. The third-order valence-corrected chi connectivity index (χ3v) is 0.351. The molecule has 1 saturated carbocycles. The van der Waals surface area contributed by atoms with Gasteiger partial charge in [0.2, 0.25) is 0 Å². The van der Waals surface area contributed by atoms with Crippen LogP contribution in [0.4, 0.5) is 0 Å². The van der Waals surface area contributed by atoms with E-state index in [1.54, 1.807) is 0 Å². The summed E-state index contributed by atoms with van der Waals surface area (Å²) in [6, 6.07) is 0. The van der Waals surface area contributed by atoms with Gasteiger partial charge in [0.15, 0.2) is 0 Å². The predicted molar refractivity (Wildman–Crippen MR) is 23.1 cm³/mol. The minimum absolute atomic E-state index is 2.07. The molecule has 0 unspecified atom stereocenters. The highest BCUT2D eigenvalue weighted by atomic mass is 14.0. The standard InChI is InChI=1S/C5H10/c1-2-4-5-3-1/h1-5H2/i1D,2D2,3D2,4D2,5D2. The second-order valence-corrected chi connectivity index (χ2v) is 0.683. The van der Waals surface area contributed by atoms with Crippen molar-refractivity contribution in [1.82, 2.24) is 0 Å². The smallest absolute Gasteiger partial charge is 0.0267 e. The molecule has 0 aliphatic heterocycles. The average molecular weight is 79.2 g/mol. The molecule has 1 aliphatic rings. The summed E-state index contributed by atoms with van der Waals surface area (Å²) >= 11 is 0. The van der Waals surface area contributed by atoms with Crippen LogP contribution in [0.25, 0.3) is 0 Å². The Bertz CT molecular complexity index is 228. The van der Waals surface area contributed by atoms with Crippen LogP contribution in [0.2, 0.25) is 0 Å². The number of hydrogen-bond donors (Lipinski definition) is 0. The molecule has 0 radical (unpaired) electrons. The maximum Gasteiger partial charge on any atom is 0.0267 e. The van der Waals surface area contributed by atoms with Crippen LogP contribution >= 0.6 is 0 Å². The molecular weight excluding hydrogens is 60.1 g/mol. The van der Waals surface area contributed by atoms with Gasteiger partial charge < -0.3 is 0 Å². The molecule has 0 amide bonds. The van der Waals surface area contributed by atoms with Crippen molar-refractivity contribution < 1.29 is 12.3 Å². The minimum atomic E-state index is -3.00. The topological polar surface area (TPSA) is 0 Å². The Kier molecular flexibility index (Phi) is 0.118. The van der Waals surface area contributed by atoms with E-state index in [0.717, 1.165) is 0 Å². The Morgan fingerprint density at radius 2 is 1.60 bits per heavy atom. The van der Waals surface area contributed by atoms with Crippen molar-refractivity contribution in [3.63, 3.8) is 0 Å². The molecule has 0 heteroatoms. The van der Waals surface area contributed by atoms with Crippen LogP contribution in [-0.4, -0.2) is 0 Å². The molecule has 0 aromatic rings. The van der Waals surface area contributed by atoms with Gasteiger partial charge >= 0.3 is 0 Å². The highest BCUT2D eigenvalue weighted by Crippen LogP contribution is 2.15. The molecule has 5 heavy (non-hydrogen) atoms.